The summed E-state index contributed by atoms with van der Waals surface area (Å²) in [6.45, 7) is 7.53. The van der Waals surface area contributed by atoms with Gasteiger partial charge in [-0.15, -0.1) is 0 Å². The lowest BCUT2D eigenvalue weighted by atomic mass is 9.79. The highest BCUT2D eigenvalue weighted by Crippen LogP contribution is 2.36. The minimum Gasteiger partial charge on any atom is -0.423 e. The number of nitrogens with one attached hydrogen (secondary N) is 2. The van der Waals surface area contributed by atoms with Gasteiger partial charge in [-0.25, -0.2) is 0 Å². The van der Waals surface area contributed by atoms with Crippen molar-refractivity contribution in [3.8, 4) is 0 Å². The number of anilines is 2. The van der Waals surface area contributed by atoms with Crippen LogP contribution in [0.25, 0.3) is 11.1 Å². The normalized spacial score (nSPS) is 19.7. The number of nitrogens with zero attached hydrogens (tertiary/aromatic N) is 3. The summed E-state index contributed by atoms with van der Waals surface area (Å²) in [5, 5.41) is 25.7. The van der Waals surface area contributed by atoms with Gasteiger partial charge in [-0.1, -0.05) is 79.7 Å². The van der Waals surface area contributed by atoms with Crippen LogP contribution in [0.3, 0.4) is 0 Å². The smallest absolute Gasteiger partial charge is 0.423 e. The van der Waals surface area contributed by atoms with Gasteiger partial charge in [0.2, 0.25) is 11.8 Å². The summed E-state index contributed by atoms with van der Waals surface area (Å²) in [6, 6.07) is 33.0. The summed E-state index contributed by atoms with van der Waals surface area (Å²) in [4.78, 5) is 43.9. The summed E-state index contributed by atoms with van der Waals surface area (Å²) in [5.74, 6) is -0.134. The first-order valence-electron chi connectivity index (χ1n) is 20.6. The van der Waals surface area contributed by atoms with Gasteiger partial charge < -0.3 is 30.1 Å². The average Bonchev–Trinajstić information content (AvgIpc) is 3.57. The summed E-state index contributed by atoms with van der Waals surface area (Å²) in [7, 11) is -1.49. The van der Waals surface area contributed by atoms with Crippen molar-refractivity contribution < 1.29 is 24.4 Å². The van der Waals surface area contributed by atoms with E-state index in [9.17, 15) is 24.4 Å². The van der Waals surface area contributed by atoms with E-state index in [1.54, 1.807) is 17.0 Å². The molecule has 3 amide bonds. The predicted octanol–water partition coefficient (Wildman–Crippen LogP) is 4.97. The Labute approximate surface area is 335 Å². The second-order valence-electron chi connectivity index (χ2n) is 16.0. The molecule has 4 aliphatic heterocycles. The van der Waals surface area contributed by atoms with Gasteiger partial charge in [-0.2, -0.15) is 0 Å². The zero-order chi connectivity index (χ0) is 39.5. The molecular weight excluding hydrogens is 713 g/mol. The van der Waals surface area contributed by atoms with Gasteiger partial charge in [-0.3, -0.25) is 19.7 Å². The third-order valence-electron chi connectivity index (χ3n) is 12.5. The minimum absolute atomic E-state index is 0.124. The highest BCUT2D eigenvalue weighted by molar-refractivity contribution is 6.58. The predicted molar refractivity (Wildman–Crippen MR) is 226 cm³/mol. The van der Waals surface area contributed by atoms with E-state index >= 15 is 0 Å². The summed E-state index contributed by atoms with van der Waals surface area (Å²) in [6.07, 6.45) is 5.88. The van der Waals surface area contributed by atoms with E-state index in [1.807, 2.05) is 30.3 Å². The maximum absolute atomic E-state index is 13.4. The van der Waals surface area contributed by atoms with Crippen LogP contribution in [-0.4, -0.2) is 84.6 Å². The van der Waals surface area contributed by atoms with Crippen molar-refractivity contribution in [2.24, 2.45) is 5.92 Å². The molecule has 3 saturated heterocycles. The quantitative estimate of drug-likeness (QED) is 0.0960. The van der Waals surface area contributed by atoms with Crippen LogP contribution >= 0.6 is 0 Å². The monoisotopic (exact) mass is 765 g/mol. The third kappa shape index (κ3) is 8.42. The summed E-state index contributed by atoms with van der Waals surface area (Å²) < 4.78 is 0. The molecule has 0 spiro atoms. The Balaban J connectivity index is 0.832. The SMILES string of the molecule is CC/C(=C(\c1ccc(B(O)O)cc1)c1ccc(N2CCC(CNC3CCN(c4ccc5c(c4)C(=O)N(C4CCC(=O)NC4=O)C5)CC3)CC2)cc1)c1ccccc1. The van der Waals surface area contributed by atoms with E-state index in [-0.39, 0.29) is 24.1 Å². The maximum atomic E-state index is 13.4. The van der Waals surface area contributed by atoms with Crippen molar-refractivity contribution in [3.63, 3.8) is 0 Å². The molecule has 4 heterocycles. The molecule has 0 aliphatic carbocycles. The molecule has 0 radical (unpaired) electrons. The van der Waals surface area contributed by atoms with Crippen LogP contribution in [0.2, 0.25) is 0 Å². The van der Waals surface area contributed by atoms with Gasteiger partial charge in [0.1, 0.15) is 6.04 Å². The molecule has 294 valence electrons. The molecule has 11 heteroatoms. The molecular formula is C46H52BN5O5. The molecule has 1 unspecified atom stereocenters. The Morgan fingerprint density at radius 1 is 0.754 bits per heavy atom. The van der Waals surface area contributed by atoms with Crippen LogP contribution in [-0.2, 0) is 16.1 Å². The molecule has 4 aromatic carbocycles. The van der Waals surface area contributed by atoms with E-state index in [0.717, 1.165) is 92.8 Å². The number of amides is 3. The number of carbonyl (C=O) groups is 3. The number of carbonyl (C=O) groups excluding carboxylic acids is 3. The van der Waals surface area contributed by atoms with Crippen molar-refractivity contribution in [2.45, 2.75) is 70.5 Å². The van der Waals surface area contributed by atoms with E-state index in [4.69, 9.17) is 0 Å². The van der Waals surface area contributed by atoms with E-state index in [1.165, 1.54) is 16.8 Å². The number of piperidine rings is 3. The standard InChI is InChI=1S/C46H52BN5O5/c1-2-40(32-6-4-3-5-7-32)44(33-8-13-36(14-9-33)47(56)57)34-10-15-38(16-11-34)50-24-20-31(21-25-50)29-48-37-22-26-51(27-23-37)39-17-12-35-30-52(46(55)41(35)28-39)42-18-19-43(53)49-45(42)54/h3-17,28,31,37,42,48,56-57H,2,18-27,29-30H2,1H3,(H,49,53,54)/b44-40-. The molecule has 4 aromatic rings. The number of hydrogen-bond donors (Lipinski definition) is 4. The molecule has 4 N–H and O–H groups in total. The average molecular weight is 766 g/mol. The molecule has 0 saturated carbocycles. The lowest BCUT2D eigenvalue weighted by Crippen LogP contribution is -2.52. The Morgan fingerprint density at radius 3 is 2.04 bits per heavy atom. The lowest BCUT2D eigenvalue weighted by molar-refractivity contribution is -0.136. The number of hydrogen-bond acceptors (Lipinski definition) is 8. The molecule has 8 rings (SSSR count). The fourth-order valence-electron chi connectivity index (χ4n) is 9.15. The highest BCUT2D eigenvalue weighted by atomic mass is 16.4. The zero-order valence-corrected chi connectivity index (χ0v) is 32.7. The Bertz CT molecular complexity index is 2110. The third-order valence-corrected chi connectivity index (χ3v) is 12.5. The largest absolute Gasteiger partial charge is 0.488 e. The van der Waals surface area contributed by atoms with E-state index in [2.05, 4.69) is 82.0 Å². The number of rotatable bonds is 11. The first-order valence-corrected chi connectivity index (χ1v) is 20.6. The molecule has 4 aliphatic rings. The van der Waals surface area contributed by atoms with Crippen LogP contribution in [0.15, 0.2) is 97.1 Å². The van der Waals surface area contributed by atoms with E-state index < -0.39 is 13.2 Å². The molecule has 10 nitrogen and oxygen atoms in total. The first kappa shape index (κ1) is 38.6. The second kappa shape index (κ2) is 17.1. The zero-order valence-electron chi connectivity index (χ0n) is 32.7. The topological polar surface area (TPSA) is 125 Å². The molecule has 3 fully saturated rings. The summed E-state index contributed by atoms with van der Waals surface area (Å²) >= 11 is 0. The van der Waals surface area contributed by atoms with Crippen molar-refractivity contribution in [3.05, 3.63) is 125 Å². The van der Waals surface area contributed by atoms with Crippen LogP contribution in [0.1, 0.15) is 84.5 Å². The second-order valence-corrected chi connectivity index (χ2v) is 16.0. The number of fused-ring (bicyclic) bond motifs is 1. The maximum Gasteiger partial charge on any atom is 0.488 e. The van der Waals surface area contributed by atoms with Gasteiger partial charge in [-0.05, 0) is 114 Å². The fraction of sp³-hybridized carbons (Fsp3) is 0.370. The van der Waals surface area contributed by atoms with Gasteiger partial charge in [0.15, 0.2) is 0 Å². The number of imide groups is 1. The minimum atomic E-state index is -1.49. The summed E-state index contributed by atoms with van der Waals surface area (Å²) in [5.41, 5.74) is 10.2. The van der Waals surface area contributed by atoms with Crippen molar-refractivity contribution in [2.75, 3.05) is 42.5 Å². The van der Waals surface area contributed by atoms with Crippen LogP contribution in [0.5, 0.6) is 0 Å². The number of benzene rings is 4. The molecule has 1 atom stereocenters. The van der Waals surface area contributed by atoms with Gasteiger partial charge in [0.25, 0.3) is 5.91 Å². The Hall–Kier alpha value is -5.23. The molecule has 0 bridgehead atoms. The van der Waals surface area contributed by atoms with Crippen molar-refractivity contribution in [1.82, 2.24) is 15.5 Å². The van der Waals surface area contributed by atoms with Gasteiger partial charge in [0, 0.05) is 62.1 Å². The number of allylic oxidation sites excluding steroid dienone is 1. The van der Waals surface area contributed by atoms with Crippen LogP contribution < -0.4 is 25.9 Å². The van der Waals surface area contributed by atoms with Crippen LogP contribution in [0.4, 0.5) is 11.4 Å². The van der Waals surface area contributed by atoms with Crippen molar-refractivity contribution >= 4 is 52.8 Å². The van der Waals surface area contributed by atoms with E-state index in [0.29, 0.717) is 36.0 Å². The van der Waals surface area contributed by atoms with Gasteiger partial charge >= 0.3 is 7.12 Å². The van der Waals surface area contributed by atoms with Gasteiger partial charge in [0.05, 0.1) is 0 Å². The Morgan fingerprint density at radius 2 is 1.39 bits per heavy atom. The van der Waals surface area contributed by atoms with Crippen molar-refractivity contribution in [1.29, 1.82) is 0 Å². The molecule has 0 aromatic heterocycles. The Kier molecular flexibility index (Phi) is 11.6. The lowest BCUT2D eigenvalue weighted by Gasteiger charge is -2.37. The highest BCUT2D eigenvalue weighted by Gasteiger charge is 2.39. The fourth-order valence-corrected chi connectivity index (χ4v) is 9.15. The molecule has 57 heavy (non-hydrogen) atoms. The van der Waals surface area contributed by atoms with Crippen LogP contribution in [0, 0.1) is 5.92 Å². The first-order chi connectivity index (χ1) is 27.7.